The van der Waals surface area contributed by atoms with Crippen LogP contribution in [0.15, 0.2) is 5.38 Å². The van der Waals surface area contributed by atoms with Crippen LogP contribution in [0.2, 0.25) is 0 Å². The van der Waals surface area contributed by atoms with E-state index in [-0.39, 0.29) is 18.4 Å². The van der Waals surface area contributed by atoms with Gasteiger partial charge in [-0.25, -0.2) is 4.98 Å². The standard InChI is InChI=1S/C10H15N3O2S/c1-6-12-7(5-16-6)2-10(15)13-8-3-11-4-9(8)14/h5,8-9,11,14H,2-4H2,1H3,(H,13,15)/t8-,9+/m1/s1. The van der Waals surface area contributed by atoms with E-state index >= 15 is 0 Å². The predicted molar refractivity (Wildman–Crippen MR) is 61.4 cm³/mol. The Morgan fingerprint density at radius 2 is 2.56 bits per heavy atom. The zero-order valence-electron chi connectivity index (χ0n) is 9.06. The Kier molecular flexibility index (Phi) is 3.52. The molecule has 0 aliphatic carbocycles. The average Bonchev–Trinajstić information content (AvgIpc) is 2.77. The van der Waals surface area contributed by atoms with Crippen LogP contribution in [0.1, 0.15) is 10.7 Å². The maximum atomic E-state index is 11.6. The van der Waals surface area contributed by atoms with E-state index < -0.39 is 6.10 Å². The fourth-order valence-corrected chi connectivity index (χ4v) is 2.34. The highest BCUT2D eigenvalue weighted by Crippen LogP contribution is 2.08. The van der Waals surface area contributed by atoms with Crippen LogP contribution in [0.4, 0.5) is 0 Å². The summed E-state index contributed by atoms with van der Waals surface area (Å²) in [4.78, 5) is 15.9. The normalized spacial score (nSPS) is 24.6. The molecule has 2 atom stereocenters. The van der Waals surface area contributed by atoms with Crippen LogP contribution >= 0.6 is 11.3 Å². The highest BCUT2D eigenvalue weighted by molar-refractivity contribution is 7.09. The first-order chi connectivity index (χ1) is 7.65. The molecule has 16 heavy (non-hydrogen) atoms. The number of nitrogens with one attached hydrogen (secondary N) is 2. The number of aliphatic hydroxyl groups is 1. The first kappa shape index (κ1) is 11.5. The molecule has 1 aliphatic rings. The summed E-state index contributed by atoms with van der Waals surface area (Å²) in [5.41, 5.74) is 0.792. The molecular weight excluding hydrogens is 226 g/mol. The highest BCUT2D eigenvalue weighted by atomic mass is 32.1. The third-order valence-electron chi connectivity index (χ3n) is 2.54. The van der Waals surface area contributed by atoms with E-state index in [1.165, 1.54) is 11.3 Å². The van der Waals surface area contributed by atoms with Crippen molar-refractivity contribution >= 4 is 17.2 Å². The molecule has 1 saturated heterocycles. The van der Waals surface area contributed by atoms with Crippen molar-refractivity contribution in [1.29, 1.82) is 0 Å². The molecule has 1 aliphatic heterocycles. The third kappa shape index (κ3) is 2.78. The van der Waals surface area contributed by atoms with E-state index in [4.69, 9.17) is 0 Å². The first-order valence-corrected chi connectivity index (χ1v) is 6.12. The molecule has 1 fully saturated rings. The molecule has 0 aromatic carbocycles. The zero-order valence-corrected chi connectivity index (χ0v) is 9.88. The van der Waals surface area contributed by atoms with Crippen molar-refractivity contribution in [3.05, 3.63) is 16.1 Å². The molecule has 2 rings (SSSR count). The minimum absolute atomic E-state index is 0.0851. The summed E-state index contributed by atoms with van der Waals surface area (Å²) in [5.74, 6) is -0.0851. The van der Waals surface area contributed by atoms with Crippen molar-refractivity contribution in [2.75, 3.05) is 13.1 Å². The van der Waals surface area contributed by atoms with Crippen LogP contribution < -0.4 is 10.6 Å². The quantitative estimate of drug-likeness (QED) is 0.663. The van der Waals surface area contributed by atoms with Gasteiger partial charge in [0.25, 0.3) is 0 Å². The Labute approximate surface area is 97.9 Å². The largest absolute Gasteiger partial charge is 0.390 e. The molecule has 5 nitrogen and oxygen atoms in total. The number of hydrogen-bond acceptors (Lipinski definition) is 5. The number of hydrogen-bond donors (Lipinski definition) is 3. The number of aryl methyl sites for hydroxylation is 1. The number of aliphatic hydroxyl groups excluding tert-OH is 1. The molecule has 0 unspecified atom stereocenters. The summed E-state index contributed by atoms with van der Waals surface area (Å²) >= 11 is 1.54. The fraction of sp³-hybridized carbons (Fsp3) is 0.600. The number of aromatic nitrogens is 1. The van der Waals surface area contributed by atoms with Crippen molar-refractivity contribution in [2.24, 2.45) is 0 Å². The molecular formula is C10H15N3O2S. The summed E-state index contributed by atoms with van der Waals surface area (Å²) < 4.78 is 0. The van der Waals surface area contributed by atoms with Gasteiger partial charge in [0, 0.05) is 18.5 Å². The maximum absolute atomic E-state index is 11.6. The van der Waals surface area contributed by atoms with E-state index in [1.54, 1.807) is 0 Å². The lowest BCUT2D eigenvalue weighted by molar-refractivity contribution is -0.121. The number of β-amino-alcohol motifs (C(OH)–C–C–N with tert-alkyl or cyclic N) is 1. The molecule has 0 spiro atoms. The zero-order chi connectivity index (χ0) is 11.5. The van der Waals surface area contributed by atoms with Crippen LogP contribution in [-0.2, 0) is 11.2 Å². The monoisotopic (exact) mass is 241 g/mol. The van der Waals surface area contributed by atoms with E-state index in [0.717, 1.165) is 10.7 Å². The Bertz CT molecular complexity index is 380. The van der Waals surface area contributed by atoms with Crippen molar-refractivity contribution in [3.8, 4) is 0 Å². The molecule has 2 heterocycles. The smallest absolute Gasteiger partial charge is 0.226 e. The minimum Gasteiger partial charge on any atom is -0.390 e. The maximum Gasteiger partial charge on any atom is 0.226 e. The number of nitrogens with zero attached hydrogens (tertiary/aromatic N) is 1. The van der Waals surface area contributed by atoms with Gasteiger partial charge in [0.15, 0.2) is 0 Å². The van der Waals surface area contributed by atoms with Crippen molar-refractivity contribution in [2.45, 2.75) is 25.5 Å². The summed E-state index contributed by atoms with van der Waals surface area (Å²) in [6.45, 7) is 3.08. The van der Waals surface area contributed by atoms with Gasteiger partial charge in [-0.05, 0) is 6.92 Å². The fourth-order valence-electron chi connectivity index (χ4n) is 1.72. The van der Waals surface area contributed by atoms with Crippen molar-refractivity contribution < 1.29 is 9.90 Å². The molecule has 1 aromatic heterocycles. The molecule has 1 aromatic rings. The minimum atomic E-state index is -0.485. The van der Waals surface area contributed by atoms with Crippen molar-refractivity contribution in [3.63, 3.8) is 0 Å². The molecule has 3 N–H and O–H groups in total. The summed E-state index contributed by atoms with van der Waals surface area (Å²) in [7, 11) is 0. The second-order valence-corrected chi connectivity index (χ2v) is 5.00. The van der Waals surface area contributed by atoms with Gasteiger partial charge in [0.2, 0.25) is 5.91 Å². The van der Waals surface area contributed by atoms with Crippen LogP contribution in [0.3, 0.4) is 0 Å². The molecule has 1 amide bonds. The van der Waals surface area contributed by atoms with E-state index in [2.05, 4.69) is 15.6 Å². The van der Waals surface area contributed by atoms with E-state index in [9.17, 15) is 9.90 Å². The molecule has 88 valence electrons. The second kappa shape index (κ2) is 4.90. The van der Waals surface area contributed by atoms with Gasteiger partial charge in [0.1, 0.15) is 0 Å². The molecule has 0 bridgehead atoms. The van der Waals surface area contributed by atoms with Crippen LogP contribution in [0, 0.1) is 6.92 Å². The van der Waals surface area contributed by atoms with Gasteiger partial charge in [-0.3, -0.25) is 4.79 Å². The molecule has 0 saturated carbocycles. The van der Waals surface area contributed by atoms with Gasteiger partial charge in [-0.15, -0.1) is 11.3 Å². The molecule has 0 radical (unpaired) electrons. The number of rotatable bonds is 3. The summed E-state index contributed by atoms with van der Waals surface area (Å²) in [6, 6.07) is -0.174. The number of thiazole rings is 1. The van der Waals surface area contributed by atoms with E-state index in [0.29, 0.717) is 13.1 Å². The van der Waals surface area contributed by atoms with Gasteiger partial charge >= 0.3 is 0 Å². The Hall–Kier alpha value is -0.980. The average molecular weight is 241 g/mol. The summed E-state index contributed by atoms with van der Waals surface area (Å²) in [6.07, 6.45) is -0.200. The molecule has 6 heteroatoms. The summed E-state index contributed by atoms with van der Waals surface area (Å²) in [5, 5.41) is 18.2. The lowest BCUT2D eigenvalue weighted by atomic mass is 10.2. The lowest BCUT2D eigenvalue weighted by Gasteiger charge is -2.14. The Morgan fingerprint density at radius 1 is 1.75 bits per heavy atom. The topological polar surface area (TPSA) is 74.2 Å². The Balaban J connectivity index is 1.84. The third-order valence-corrected chi connectivity index (χ3v) is 3.36. The Morgan fingerprint density at radius 3 is 3.12 bits per heavy atom. The highest BCUT2D eigenvalue weighted by Gasteiger charge is 2.26. The number of amides is 1. The van der Waals surface area contributed by atoms with Crippen molar-refractivity contribution in [1.82, 2.24) is 15.6 Å². The van der Waals surface area contributed by atoms with Gasteiger partial charge in [-0.1, -0.05) is 0 Å². The SMILES string of the molecule is Cc1nc(CC(=O)N[C@@H]2CNC[C@@H]2O)cs1. The predicted octanol–water partition coefficient (Wildman–Crippen LogP) is -0.557. The van der Waals surface area contributed by atoms with Crippen LogP contribution in [0.25, 0.3) is 0 Å². The van der Waals surface area contributed by atoms with Crippen LogP contribution in [0.5, 0.6) is 0 Å². The number of carbonyl (C=O) groups excluding carboxylic acids is 1. The first-order valence-electron chi connectivity index (χ1n) is 5.24. The van der Waals surface area contributed by atoms with Gasteiger partial charge in [0.05, 0.1) is 29.3 Å². The van der Waals surface area contributed by atoms with E-state index in [1.807, 2.05) is 12.3 Å². The van der Waals surface area contributed by atoms with Gasteiger partial charge < -0.3 is 15.7 Å². The second-order valence-electron chi connectivity index (χ2n) is 3.93. The van der Waals surface area contributed by atoms with Crippen LogP contribution in [-0.4, -0.2) is 41.2 Å². The number of carbonyl (C=O) groups is 1. The van der Waals surface area contributed by atoms with Gasteiger partial charge in [-0.2, -0.15) is 0 Å². The lowest BCUT2D eigenvalue weighted by Crippen LogP contribution is -2.43.